The highest BCUT2D eigenvalue weighted by Gasteiger charge is 2.50. The average Bonchev–Trinajstić information content (AvgIpc) is 2.33. The van der Waals surface area contributed by atoms with Gasteiger partial charge in [-0.1, -0.05) is 38.5 Å². The SMILES string of the molecule is [C-]#[N+]C(C(C(=O)O)C(C)(C)C)S(=O)(=O)c1ccc(C)cc1. The maximum absolute atomic E-state index is 12.6. The third-order valence-corrected chi connectivity index (χ3v) is 5.22. The maximum Gasteiger partial charge on any atom is 0.338 e. The zero-order valence-electron chi connectivity index (χ0n) is 12.5. The number of benzene rings is 1. The predicted molar refractivity (Wildman–Crippen MR) is 79.3 cm³/mol. The van der Waals surface area contributed by atoms with Crippen LogP contribution in [0, 0.1) is 24.8 Å². The minimum atomic E-state index is -4.03. The van der Waals surface area contributed by atoms with Gasteiger partial charge in [-0.2, -0.15) is 0 Å². The van der Waals surface area contributed by atoms with Crippen LogP contribution in [0.3, 0.4) is 0 Å². The van der Waals surface area contributed by atoms with E-state index in [0.29, 0.717) is 0 Å². The van der Waals surface area contributed by atoms with Crippen molar-refractivity contribution in [2.45, 2.75) is 38.0 Å². The van der Waals surface area contributed by atoms with Gasteiger partial charge >= 0.3 is 11.3 Å². The van der Waals surface area contributed by atoms with Crippen molar-refractivity contribution in [1.29, 1.82) is 0 Å². The number of hydrogen-bond acceptors (Lipinski definition) is 3. The van der Waals surface area contributed by atoms with Crippen LogP contribution in [0.1, 0.15) is 26.3 Å². The van der Waals surface area contributed by atoms with E-state index in [4.69, 9.17) is 6.57 Å². The monoisotopic (exact) mass is 309 g/mol. The average molecular weight is 309 g/mol. The van der Waals surface area contributed by atoms with Gasteiger partial charge in [-0.25, -0.2) is 15.0 Å². The van der Waals surface area contributed by atoms with Crippen LogP contribution in [-0.4, -0.2) is 24.9 Å². The highest BCUT2D eigenvalue weighted by Crippen LogP contribution is 2.35. The summed E-state index contributed by atoms with van der Waals surface area (Å²) in [5.41, 5.74) is 0.0395. The quantitative estimate of drug-likeness (QED) is 0.868. The summed E-state index contributed by atoms with van der Waals surface area (Å²) in [6.07, 6.45) is 0. The van der Waals surface area contributed by atoms with Crippen molar-refractivity contribution in [2.24, 2.45) is 11.3 Å². The number of rotatable bonds is 4. The van der Waals surface area contributed by atoms with Gasteiger partial charge in [-0.15, -0.1) is 0 Å². The molecule has 0 amide bonds. The molecule has 6 heteroatoms. The summed E-state index contributed by atoms with van der Waals surface area (Å²) in [6.45, 7) is 13.9. The Kier molecular flexibility index (Phi) is 4.79. The Bertz CT molecular complexity index is 663. The molecule has 0 fully saturated rings. The van der Waals surface area contributed by atoms with Crippen LogP contribution >= 0.6 is 0 Å². The number of carbonyl (C=O) groups is 1. The van der Waals surface area contributed by atoms with Crippen molar-refractivity contribution in [1.82, 2.24) is 0 Å². The minimum absolute atomic E-state index is 0.0235. The molecule has 0 aliphatic heterocycles. The van der Waals surface area contributed by atoms with Gasteiger partial charge in [0, 0.05) is 0 Å². The number of carboxylic acid groups (broad SMARTS) is 1. The summed E-state index contributed by atoms with van der Waals surface area (Å²) >= 11 is 0. The Morgan fingerprint density at radius 1 is 1.24 bits per heavy atom. The smallest absolute Gasteiger partial charge is 0.338 e. The fourth-order valence-corrected chi connectivity index (χ4v) is 3.93. The molecule has 2 atom stereocenters. The fraction of sp³-hybridized carbons (Fsp3) is 0.467. The van der Waals surface area contributed by atoms with E-state index in [1.54, 1.807) is 32.9 Å². The number of aliphatic carboxylic acids is 1. The van der Waals surface area contributed by atoms with Gasteiger partial charge in [0.05, 0.1) is 4.90 Å². The molecule has 0 spiro atoms. The van der Waals surface area contributed by atoms with Crippen LogP contribution in [0.5, 0.6) is 0 Å². The zero-order valence-corrected chi connectivity index (χ0v) is 13.3. The van der Waals surface area contributed by atoms with Crippen LogP contribution < -0.4 is 0 Å². The Balaban J connectivity index is 3.41. The zero-order chi connectivity index (χ0) is 16.4. The van der Waals surface area contributed by atoms with Gasteiger partial charge in [-0.05, 0) is 24.5 Å². The molecule has 0 aliphatic carbocycles. The van der Waals surface area contributed by atoms with E-state index in [9.17, 15) is 18.3 Å². The molecule has 0 radical (unpaired) electrons. The molecule has 1 N–H and O–H groups in total. The molecule has 1 aromatic rings. The number of hydrogen-bond donors (Lipinski definition) is 1. The van der Waals surface area contributed by atoms with Crippen molar-refractivity contribution < 1.29 is 18.3 Å². The van der Waals surface area contributed by atoms with Crippen LogP contribution in [0.4, 0.5) is 0 Å². The second-order valence-corrected chi connectivity index (χ2v) is 8.10. The summed E-state index contributed by atoms with van der Waals surface area (Å²) in [5.74, 6) is -2.58. The van der Waals surface area contributed by atoms with E-state index in [2.05, 4.69) is 4.85 Å². The Hall–Kier alpha value is -1.87. The molecule has 114 valence electrons. The lowest BCUT2D eigenvalue weighted by molar-refractivity contribution is -0.145. The lowest BCUT2D eigenvalue weighted by atomic mass is 9.80. The number of carboxylic acids is 1. The van der Waals surface area contributed by atoms with Crippen LogP contribution in [0.2, 0.25) is 0 Å². The normalized spacial score (nSPS) is 15.0. The van der Waals surface area contributed by atoms with Crippen molar-refractivity contribution in [3.05, 3.63) is 41.2 Å². The lowest BCUT2D eigenvalue weighted by Crippen LogP contribution is -2.41. The molecular weight excluding hydrogens is 290 g/mol. The Labute approximate surface area is 125 Å². The first-order valence-corrected chi connectivity index (χ1v) is 7.96. The largest absolute Gasteiger partial charge is 0.481 e. The van der Waals surface area contributed by atoms with E-state index in [-0.39, 0.29) is 4.90 Å². The molecule has 1 aromatic carbocycles. The van der Waals surface area contributed by atoms with Crippen molar-refractivity contribution in [3.63, 3.8) is 0 Å². The fourth-order valence-electron chi connectivity index (χ4n) is 2.11. The summed E-state index contributed by atoms with van der Waals surface area (Å²) in [4.78, 5) is 14.6. The summed E-state index contributed by atoms with van der Waals surface area (Å²) in [5, 5.41) is 7.72. The molecule has 0 aliphatic rings. The van der Waals surface area contributed by atoms with Gasteiger partial charge in [0.2, 0.25) is 0 Å². The lowest BCUT2D eigenvalue weighted by Gasteiger charge is -2.27. The molecule has 5 nitrogen and oxygen atoms in total. The van der Waals surface area contributed by atoms with Gasteiger partial charge in [0.15, 0.2) is 5.92 Å². The molecule has 0 bridgehead atoms. The maximum atomic E-state index is 12.6. The highest BCUT2D eigenvalue weighted by molar-refractivity contribution is 7.92. The summed E-state index contributed by atoms with van der Waals surface area (Å²) in [6, 6.07) is 6.07. The second kappa shape index (κ2) is 5.86. The van der Waals surface area contributed by atoms with Crippen molar-refractivity contribution in [3.8, 4) is 0 Å². The van der Waals surface area contributed by atoms with E-state index in [1.807, 2.05) is 6.92 Å². The van der Waals surface area contributed by atoms with Gasteiger partial charge < -0.3 is 5.11 Å². The Morgan fingerprint density at radius 3 is 2.05 bits per heavy atom. The first kappa shape index (κ1) is 17.2. The van der Waals surface area contributed by atoms with Crippen LogP contribution in [-0.2, 0) is 14.6 Å². The molecule has 1 rings (SSSR count). The van der Waals surface area contributed by atoms with E-state index >= 15 is 0 Å². The van der Waals surface area contributed by atoms with Crippen LogP contribution in [0.25, 0.3) is 4.85 Å². The first-order valence-electron chi connectivity index (χ1n) is 6.41. The van der Waals surface area contributed by atoms with Crippen molar-refractivity contribution >= 4 is 15.8 Å². The minimum Gasteiger partial charge on any atom is -0.481 e. The Morgan fingerprint density at radius 2 is 1.71 bits per heavy atom. The first-order chi connectivity index (χ1) is 9.51. The molecule has 0 saturated heterocycles. The molecular formula is C15H19NO4S. The molecule has 0 heterocycles. The number of aryl methyl sites for hydroxylation is 1. The second-order valence-electron chi connectivity index (χ2n) is 6.06. The van der Waals surface area contributed by atoms with Gasteiger partial charge in [0.25, 0.3) is 9.84 Å². The number of nitrogens with zero attached hydrogens (tertiary/aromatic N) is 1. The van der Waals surface area contributed by atoms with Gasteiger partial charge in [0.1, 0.15) is 0 Å². The third kappa shape index (κ3) is 3.61. The predicted octanol–water partition coefficient (Wildman–Crippen LogP) is 2.76. The summed E-state index contributed by atoms with van der Waals surface area (Å²) in [7, 11) is -4.03. The molecule has 0 saturated carbocycles. The van der Waals surface area contributed by atoms with E-state index < -0.39 is 32.5 Å². The number of sulfone groups is 1. The summed E-state index contributed by atoms with van der Waals surface area (Å²) < 4.78 is 25.2. The molecule has 2 unspecified atom stereocenters. The van der Waals surface area contributed by atoms with Crippen molar-refractivity contribution in [2.75, 3.05) is 0 Å². The molecule has 21 heavy (non-hydrogen) atoms. The van der Waals surface area contributed by atoms with E-state index in [1.165, 1.54) is 12.1 Å². The van der Waals surface area contributed by atoms with Crippen LogP contribution in [0.15, 0.2) is 29.2 Å². The highest BCUT2D eigenvalue weighted by atomic mass is 32.2. The molecule has 0 aromatic heterocycles. The topological polar surface area (TPSA) is 75.8 Å². The third-order valence-electron chi connectivity index (χ3n) is 3.28. The van der Waals surface area contributed by atoms with Gasteiger partial charge in [-0.3, -0.25) is 9.64 Å². The standard InChI is InChI=1S/C15H19NO4S/c1-10-6-8-11(9-7-10)21(19,20)13(16-5)12(14(17)18)15(2,3)4/h6-9,12-13H,1-4H3,(H,17,18). The van der Waals surface area contributed by atoms with E-state index in [0.717, 1.165) is 5.56 Å².